The van der Waals surface area contributed by atoms with Crippen molar-refractivity contribution in [2.75, 3.05) is 25.1 Å². The first kappa shape index (κ1) is 12.4. The number of anilines is 1. The molecule has 1 aromatic carbocycles. The van der Waals surface area contributed by atoms with E-state index in [1.54, 1.807) is 13.2 Å². The Morgan fingerprint density at radius 1 is 1.53 bits per heavy atom. The summed E-state index contributed by atoms with van der Waals surface area (Å²) in [7, 11) is 1.75. The van der Waals surface area contributed by atoms with Gasteiger partial charge in [-0.15, -0.1) is 0 Å². The van der Waals surface area contributed by atoms with Crippen molar-refractivity contribution in [1.82, 2.24) is 0 Å². The Kier molecular flexibility index (Phi) is 4.02. The van der Waals surface area contributed by atoms with Crippen LogP contribution in [0.2, 0.25) is 5.02 Å². The lowest BCUT2D eigenvalue weighted by Crippen LogP contribution is -2.39. The van der Waals surface area contributed by atoms with E-state index in [1.165, 1.54) is 0 Å². The van der Waals surface area contributed by atoms with Crippen molar-refractivity contribution in [3.63, 3.8) is 0 Å². The fourth-order valence-electron chi connectivity index (χ4n) is 2.17. The van der Waals surface area contributed by atoms with Gasteiger partial charge in [-0.2, -0.15) is 0 Å². The minimum absolute atomic E-state index is 0.285. The Balaban J connectivity index is 2.16. The fourth-order valence-corrected chi connectivity index (χ4v) is 2.39. The van der Waals surface area contributed by atoms with E-state index in [4.69, 9.17) is 16.3 Å². The normalized spacial score (nSPS) is 20.4. The molecule has 3 nitrogen and oxygen atoms in total. The van der Waals surface area contributed by atoms with Crippen molar-refractivity contribution in [1.29, 1.82) is 0 Å². The molecule has 0 aromatic heterocycles. The molecule has 1 aromatic rings. The number of hydrogen-bond acceptors (Lipinski definition) is 3. The highest BCUT2D eigenvalue weighted by Gasteiger charge is 2.20. The molecule has 0 bridgehead atoms. The Morgan fingerprint density at radius 2 is 2.35 bits per heavy atom. The molecular weight excluding hydrogens is 238 g/mol. The molecule has 17 heavy (non-hydrogen) atoms. The standard InChI is InChI=1S/C13H16ClNO2/c1-17-12-3-2-6-15(8-12)11-5-4-10(9-16)13(14)7-11/h4-5,7,9,12H,2-3,6,8H2,1H3. The lowest BCUT2D eigenvalue weighted by atomic mass is 10.1. The van der Waals surface area contributed by atoms with Gasteiger partial charge in [-0.1, -0.05) is 11.6 Å². The number of aldehydes is 1. The summed E-state index contributed by atoms with van der Waals surface area (Å²) >= 11 is 6.03. The number of carbonyl (C=O) groups is 1. The van der Waals surface area contributed by atoms with E-state index < -0.39 is 0 Å². The highest BCUT2D eigenvalue weighted by atomic mass is 35.5. The summed E-state index contributed by atoms with van der Waals surface area (Å²) in [4.78, 5) is 12.9. The van der Waals surface area contributed by atoms with Crippen LogP contribution in [0.1, 0.15) is 23.2 Å². The van der Waals surface area contributed by atoms with Crippen LogP contribution < -0.4 is 4.90 Å². The molecule has 1 heterocycles. The number of halogens is 1. The highest BCUT2D eigenvalue weighted by Crippen LogP contribution is 2.25. The monoisotopic (exact) mass is 253 g/mol. The van der Waals surface area contributed by atoms with Crippen LogP contribution in [0.5, 0.6) is 0 Å². The molecule has 1 unspecified atom stereocenters. The van der Waals surface area contributed by atoms with Gasteiger partial charge < -0.3 is 9.64 Å². The van der Waals surface area contributed by atoms with Gasteiger partial charge in [0.05, 0.1) is 11.1 Å². The van der Waals surface area contributed by atoms with Crippen molar-refractivity contribution in [2.24, 2.45) is 0 Å². The van der Waals surface area contributed by atoms with Crippen molar-refractivity contribution < 1.29 is 9.53 Å². The molecule has 1 aliphatic heterocycles. The van der Waals surface area contributed by atoms with Gasteiger partial charge in [-0.3, -0.25) is 4.79 Å². The first-order valence-electron chi connectivity index (χ1n) is 5.77. The summed E-state index contributed by atoms with van der Waals surface area (Å²) in [6.07, 6.45) is 3.28. The average molecular weight is 254 g/mol. The third-order valence-corrected chi connectivity index (χ3v) is 3.51. The molecular formula is C13H16ClNO2. The number of rotatable bonds is 3. The van der Waals surface area contributed by atoms with Gasteiger partial charge in [0.25, 0.3) is 0 Å². The SMILES string of the molecule is COC1CCCN(c2ccc(C=O)c(Cl)c2)C1. The van der Waals surface area contributed by atoms with Crippen molar-refractivity contribution in [3.05, 3.63) is 28.8 Å². The van der Waals surface area contributed by atoms with Crippen LogP contribution in [0.25, 0.3) is 0 Å². The molecule has 0 amide bonds. The predicted molar refractivity (Wildman–Crippen MR) is 69.1 cm³/mol. The van der Waals surface area contributed by atoms with Gasteiger partial charge in [-0.25, -0.2) is 0 Å². The van der Waals surface area contributed by atoms with Crippen LogP contribution in [-0.4, -0.2) is 32.6 Å². The van der Waals surface area contributed by atoms with Gasteiger partial charge in [0.1, 0.15) is 0 Å². The Bertz CT molecular complexity index is 408. The van der Waals surface area contributed by atoms with Gasteiger partial charge >= 0.3 is 0 Å². The second-order valence-corrected chi connectivity index (χ2v) is 4.68. The smallest absolute Gasteiger partial charge is 0.151 e. The second kappa shape index (κ2) is 5.52. The van der Waals surface area contributed by atoms with Crippen LogP contribution in [0.15, 0.2) is 18.2 Å². The molecule has 0 aliphatic carbocycles. The zero-order valence-electron chi connectivity index (χ0n) is 9.86. The van der Waals surface area contributed by atoms with Crippen molar-refractivity contribution in [3.8, 4) is 0 Å². The van der Waals surface area contributed by atoms with Crippen molar-refractivity contribution in [2.45, 2.75) is 18.9 Å². The third kappa shape index (κ3) is 2.79. The Morgan fingerprint density at radius 3 is 3.00 bits per heavy atom. The largest absolute Gasteiger partial charge is 0.380 e. The number of nitrogens with zero attached hydrogens (tertiary/aromatic N) is 1. The van der Waals surface area contributed by atoms with Gasteiger partial charge in [0.15, 0.2) is 6.29 Å². The van der Waals surface area contributed by atoms with E-state index in [2.05, 4.69) is 4.90 Å². The quantitative estimate of drug-likeness (QED) is 0.776. The maximum atomic E-state index is 10.7. The maximum Gasteiger partial charge on any atom is 0.151 e. The first-order chi connectivity index (χ1) is 8.24. The zero-order valence-corrected chi connectivity index (χ0v) is 10.6. The van der Waals surface area contributed by atoms with E-state index in [0.29, 0.717) is 10.6 Å². The molecule has 1 aliphatic rings. The van der Waals surface area contributed by atoms with Gasteiger partial charge in [0, 0.05) is 31.5 Å². The number of methoxy groups -OCH3 is 1. The number of ether oxygens (including phenoxy) is 1. The molecule has 1 saturated heterocycles. The molecule has 2 rings (SSSR count). The molecule has 1 atom stereocenters. The Labute approximate surface area is 106 Å². The van der Waals surface area contributed by atoms with Gasteiger partial charge in [0.2, 0.25) is 0 Å². The average Bonchev–Trinajstić information content (AvgIpc) is 2.38. The molecule has 0 spiro atoms. The molecule has 0 saturated carbocycles. The van der Waals surface area contributed by atoms with Crippen LogP contribution >= 0.6 is 11.6 Å². The summed E-state index contributed by atoms with van der Waals surface area (Å²) in [5, 5.41) is 0.511. The van der Waals surface area contributed by atoms with E-state index in [-0.39, 0.29) is 6.10 Å². The topological polar surface area (TPSA) is 29.5 Å². The van der Waals surface area contributed by atoms with E-state index in [0.717, 1.165) is 37.9 Å². The highest BCUT2D eigenvalue weighted by molar-refractivity contribution is 6.33. The summed E-state index contributed by atoms with van der Waals surface area (Å²) < 4.78 is 5.39. The number of hydrogen-bond donors (Lipinski definition) is 0. The fraction of sp³-hybridized carbons (Fsp3) is 0.462. The van der Waals surface area contributed by atoms with E-state index >= 15 is 0 Å². The summed E-state index contributed by atoms with van der Waals surface area (Å²) in [5.41, 5.74) is 1.60. The van der Waals surface area contributed by atoms with E-state index in [1.807, 2.05) is 12.1 Å². The number of carbonyl (C=O) groups excluding carboxylic acids is 1. The minimum atomic E-state index is 0.285. The summed E-state index contributed by atoms with van der Waals surface area (Å²) in [5.74, 6) is 0. The molecule has 0 radical (unpaired) electrons. The van der Waals surface area contributed by atoms with Crippen LogP contribution in [0.3, 0.4) is 0 Å². The lowest BCUT2D eigenvalue weighted by Gasteiger charge is -2.33. The predicted octanol–water partition coefficient (Wildman–Crippen LogP) is 2.77. The van der Waals surface area contributed by atoms with E-state index in [9.17, 15) is 4.79 Å². The number of piperidine rings is 1. The molecule has 92 valence electrons. The zero-order chi connectivity index (χ0) is 12.3. The molecule has 4 heteroatoms. The Hall–Kier alpha value is -1.06. The summed E-state index contributed by atoms with van der Waals surface area (Å²) in [6.45, 7) is 1.89. The maximum absolute atomic E-state index is 10.7. The molecule has 1 fully saturated rings. The molecule has 0 N–H and O–H groups in total. The van der Waals surface area contributed by atoms with Gasteiger partial charge in [-0.05, 0) is 31.0 Å². The van der Waals surface area contributed by atoms with Crippen molar-refractivity contribution >= 4 is 23.6 Å². The lowest BCUT2D eigenvalue weighted by molar-refractivity contribution is 0.0893. The van der Waals surface area contributed by atoms with Crippen LogP contribution in [0.4, 0.5) is 5.69 Å². The third-order valence-electron chi connectivity index (χ3n) is 3.19. The minimum Gasteiger partial charge on any atom is -0.380 e. The van der Waals surface area contributed by atoms with Crippen LogP contribution in [0, 0.1) is 0 Å². The first-order valence-corrected chi connectivity index (χ1v) is 6.15. The second-order valence-electron chi connectivity index (χ2n) is 4.27. The van der Waals surface area contributed by atoms with Crippen LogP contribution in [-0.2, 0) is 4.74 Å². The number of benzene rings is 1. The summed E-state index contributed by atoms with van der Waals surface area (Å²) in [6, 6.07) is 5.55.